The van der Waals surface area contributed by atoms with Gasteiger partial charge in [-0.1, -0.05) is 24.3 Å². The third kappa shape index (κ3) is 7.65. The minimum absolute atomic E-state index is 0.0912. The van der Waals surface area contributed by atoms with Gasteiger partial charge in [0.1, 0.15) is 5.75 Å². The number of rotatable bonds is 9. The van der Waals surface area contributed by atoms with Crippen LogP contribution in [-0.4, -0.2) is 43.8 Å². The maximum Gasteiger partial charge on any atom is 0.253 e. The third-order valence-electron chi connectivity index (χ3n) is 3.87. The first-order valence-electron chi connectivity index (χ1n) is 9.42. The van der Waals surface area contributed by atoms with E-state index < -0.39 is 0 Å². The summed E-state index contributed by atoms with van der Waals surface area (Å²) in [5, 5.41) is 8.30. The monoisotopic (exact) mass is 427 g/mol. The van der Waals surface area contributed by atoms with Gasteiger partial charge in [0.05, 0.1) is 24.5 Å². The number of amides is 2. The predicted molar refractivity (Wildman–Crippen MR) is 122 cm³/mol. The van der Waals surface area contributed by atoms with E-state index in [0.29, 0.717) is 31.0 Å². The summed E-state index contributed by atoms with van der Waals surface area (Å²) in [5.74, 6) is 0.123. The van der Waals surface area contributed by atoms with Gasteiger partial charge in [0.25, 0.3) is 5.91 Å². The number of thiocarbonyl (C=S) groups is 1. The zero-order valence-electron chi connectivity index (χ0n) is 16.9. The highest BCUT2D eigenvalue weighted by Crippen LogP contribution is 2.15. The number of hydrogen-bond acceptors (Lipinski definition) is 5. The van der Waals surface area contributed by atoms with Crippen LogP contribution in [0.25, 0.3) is 6.08 Å². The van der Waals surface area contributed by atoms with Crippen LogP contribution in [0, 0.1) is 0 Å². The average Bonchev–Trinajstić information content (AvgIpc) is 2.74. The Labute approximate surface area is 181 Å². The van der Waals surface area contributed by atoms with Gasteiger partial charge in [-0.15, -0.1) is 0 Å². The Kier molecular flexibility index (Phi) is 9.50. The molecule has 158 valence electrons. The number of nitrogens with one attached hydrogen (secondary N) is 3. The molecule has 0 fully saturated rings. The molecule has 0 aromatic heterocycles. The second-order valence-electron chi connectivity index (χ2n) is 6.07. The lowest BCUT2D eigenvalue weighted by Crippen LogP contribution is -2.34. The second-order valence-corrected chi connectivity index (χ2v) is 6.48. The lowest BCUT2D eigenvalue weighted by molar-refractivity contribution is -0.115. The van der Waals surface area contributed by atoms with Gasteiger partial charge in [-0.3, -0.25) is 14.9 Å². The van der Waals surface area contributed by atoms with Crippen molar-refractivity contribution in [2.24, 2.45) is 0 Å². The molecule has 7 nitrogen and oxygen atoms in total. The van der Waals surface area contributed by atoms with Crippen molar-refractivity contribution in [3.05, 3.63) is 65.7 Å². The molecule has 0 saturated heterocycles. The van der Waals surface area contributed by atoms with Crippen molar-refractivity contribution in [3.63, 3.8) is 0 Å². The summed E-state index contributed by atoms with van der Waals surface area (Å²) >= 11 is 5.20. The molecule has 3 N–H and O–H groups in total. The number of benzene rings is 2. The van der Waals surface area contributed by atoms with Crippen LogP contribution in [-0.2, 0) is 9.53 Å². The Bertz CT molecular complexity index is 898. The topological polar surface area (TPSA) is 88.7 Å². The van der Waals surface area contributed by atoms with Gasteiger partial charge in [-0.05, 0) is 55.0 Å². The van der Waals surface area contributed by atoms with Gasteiger partial charge in [-0.2, -0.15) is 0 Å². The van der Waals surface area contributed by atoms with Crippen LogP contribution >= 0.6 is 12.2 Å². The zero-order valence-corrected chi connectivity index (χ0v) is 17.8. The zero-order chi connectivity index (χ0) is 21.8. The number of para-hydroxylation sites is 1. The largest absolute Gasteiger partial charge is 0.494 e. The van der Waals surface area contributed by atoms with E-state index in [4.69, 9.17) is 21.7 Å². The summed E-state index contributed by atoms with van der Waals surface area (Å²) in [7, 11) is 1.56. The van der Waals surface area contributed by atoms with E-state index in [2.05, 4.69) is 16.0 Å². The van der Waals surface area contributed by atoms with Gasteiger partial charge in [-0.25, -0.2) is 0 Å². The maximum absolute atomic E-state index is 12.3. The molecule has 0 heterocycles. The van der Waals surface area contributed by atoms with Crippen molar-refractivity contribution in [1.29, 1.82) is 0 Å². The number of anilines is 1. The van der Waals surface area contributed by atoms with E-state index in [1.807, 2.05) is 31.2 Å². The molecule has 2 rings (SSSR count). The Morgan fingerprint density at radius 3 is 2.53 bits per heavy atom. The van der Waals surface area contributed by atoms with Crippen LogP contribution in [0.3, 0.4) is 0 Å². The normalized spacial score (nSPS) is 10.5. The summed E-state index contributed by atoms with van der Waals surface area (Å²) < 4.78 is 10.3. The Morgan fingerprint density at radius 2 is 1.83 bits per heavy atom. The third-order valence-corrected chi connectivity index (χ3v) is 4.07. The van der Waals surface area contributed by atoms with Crippen molar-refractivity contribution in [2.45, 2.75) is 6.92 Å². The number of hydrogen-bond donors (Lipinski definition) is 3. The fourth-order valence-corrected chi connectivity index (χ4v) is 2.68. The van der Waals surface area contributed by atoms with Gasteiger partial charge >= 0.3 is 0 Å². The maximum atomic E-state index is 12.3. The van der Waals surface area contributed by atoms with E-state index in [1.54, 1.807) is 37.5 Å². The van der Waals surface area contributed by atoms with E-state index in [9.17, 15) is 9.59 Å². The average molecular weight is 428 g/mol. The SMILES string of the molecule is CCOc1ccc(/C=C/C(=O)NC(=S)Nc2ccccc2C(=O)NCCOC)cc1. The first kappa shape index (κ1) is 23.1. The number of ether oxygens (including phenoxy) is 2. The molecular formula is C22H25N3O4S. The molecule has 0 spiro atoms. The van der Waals surface area contributed by atoms with Gasteiger partial charge < -0.3 is 20.1 Å². The Balaban J connectivity index is 1.92. The molecule has 30 heavy (non-hydrogen) atoms. The molecule has 0 aliphatic heterocycles. The number of carbonyl (C=O) groups is 2. The van der Waals surface area contributed by atoms with Crippen molar-refractivity contribution in [2.75, 3.05) is 32.2 Å². The number of methoxy groups -OCH3 is 1. The molecule has 0 aliphatic rings. The lowest BCUT2D eigenvalue weighted by atomic mass is 10.1. The van der Waals surface area contributed by atoms with Crippen molar-refractivity contribution >= 4 is 40.9 Å². The number of carbonyl (C=O) groups excluding carboxylic acids is 2. The summed E-state index contributed by atoms with van der Waals surface area (Å²) in [5.41, 5.74) is 1.76. The predicted octanol–water partition coefficient (Wildman–Crippen LogP) is 2.99. The minimum atomic E-state index is -0.386. The van der Waals surface area contributed by atoms with Crippen molar-refractivity contribution < 1.29 is 19.1 Å². The minimum Gasteiger partial charge on any atom is -0.494 e. The molecule has 2 amide bonds. The highest BCUT2D eigenvalue weighted by Gasteiger charge is 2.12. The molecule has 0 bridgehead atoms. The van der Waals surface area contributed by atoms with E-state index in [-0.39, 0.29) is 16.9 Å². The van der Waals surface area contributed by atoms with Crippen LogP contribution in [0.15, 0.2) is 54.6 Å². The summed E-state index contributed by atoms with van der Waals surface area (Å²) in [6.07, 6.45) is 3.05. The smallest absolute Gasteiger partial charge is 0.253 e. The fraction of sp³-hybridized carbons (Fsp3) is 0.227. The molecule has 0 radical (unpaired) electrons. The van der Waals surface area contributed by atoms with E-state index in [1.165, 1.54) is 6.08 Å². The van der Waals surface area contributed by atoms with E-state index >= 15 is 0 Å². The van der Waals surface area contributed by atoms with E-state index in [0.717, 1.165) is 11.3 Å². The Morgan fingerprint density at radius 1 is 1.10 bits per heavy atom. The van der Waals surface area contributed by atoms with Crippen LogP contribution in [0.4, 0.5) is 5.69 Å². The highest BCUT2D eigenvalue weighted by molar-refractivity contribution is 7.80. The molecular weight excluding hydrogens is 402 g/mol. The lowest BCUT2D eigenvalue weighted by Gasteiger charge is -2.13. The van der Waals surface area contributed by atoms with Crippen LogP contribution in [0.5, 0.6) is 5.75 Å². The molecule has 8 heteroatoms. The van der Waals surface area contributed by atoms with Gasteiger partial charge in [0.15, 0.2) is 5.11 Å². The first-order valence-corrected chi connectivity index (χ1v) is 9.83. The van der Waals surface area contributed by atoms with Crippen molar-refractivity contribution in [1.82, 2.24) is 10.6 Å². The summed E-state index contributed by atoms with van der Waals surface area (Å²) in [6, 6.07) is 14.3. The van der Waals surface area contributed by atoms with Crippen LogP contribution in [0.1, 0.15) is 22.8 Å². The first-order chi connectivity index (χ1) is 14.5. The highest BCUT2D eigenvalue weighted by atomic mass is 32.1. The summed E-state index contributed by atoms with van der Waals surface area (Å²) in [4.78, 5) is 24.4. The van der Waals surface area contributed by atoms with Crippen molar-refractivity contribution in [3.8, 4) is 5.75 Å². The Hall–Kier alpha value is -3.23. The van der Waals surface area contributed by atoms with Crippen LogP contribution in [0.2, 0.25) is 0 Å². The van der Waals surface area contributed by atoms with Crippen LogP contribution < -0.4 is 20.7 Å². The standard InChI is InChI=1S/C22H25N3O4S/c1-3-29-17-11-8-16(9-12-17)10-13-20(26)25-22(30)24-19-7-5-4-6-18(19)21(27)23-14-15-28-2/h4-13H,3,14-15H2,1-2H3,(H,23,27)(H2,24,25,26,30)/b13-10+. The van der Waals surface area contributed by atoms with Gasteiger partial charge in [0, 0.05) is 19.7 Å². The molecule has 0 unspecified atom stereocenters. The quantitative estimate of drug-likeness (QED) is 0.324. The molecule has 2 aromatic carbocycles. The molecule has 2 aromatic rings. The molecule has 0 atom stereocenters. The van der Waals surface area contributed by atoms with Gasteiger partial charge in [0.2, 0.25) is 5.91 Å². The second kappa shape index (κ2) is 12.4. The molecule has 0 saturated carbocycles. The summed E-state index contributed by atoms with van der Waals surface area (Å²) in [6.45, 7) is 3.32. The fourth-order valence-electron chi connectivity index (χ4n) is 2.47. The molecule has 0 aliphatic carbocycles.